The molecular weight excluding hydrogens is 266 g/mol. The number of amides is 1. The highest BCUT2D eigenvalue weighted by Gasteiger charge is 2.20. The zero-order valence-corrected chi connectivity index (χ0v) is 11.1. The monoisotopic (exact) mass is 277 g/mol. The summed E-state index contributed by atoms with van der Waals surface area (Å²) in [6.07, 6.45) is -0.710. The van der Waals surface area contributed by atoms with Gasteiger partial charge in [-0.1, -0.05) is 11.6 Å². The van der Waals surface area contributed by atoms with Gasteiger partial charge in [0.2, 0.25) is 0 Å². The van der Waals surface area contributed by atoms with Gasteiger partial charge in [-0.05, 0) is 26.8 Å². The van der Waals surface area contributed by atoms with Crippen molar-refractivity contribution in [2.24, 2.45) is 0 Å². The highest BCUT2D eigenvalue weighted by atomic mass is 35.5. The molecule has 0 spiro atoms. The first-order valence-electron chi connectivity index (χ1n) is 4.71. The lowest BCUT2D eigenvalue weighted by Gasteiger charge is -2.19. The van der Waals surface area contributed by atoms with Crippen molar-refractivity contribution in [2.75, 3.05) is 5.32 Å². The minimum atomic E-state index is -1.15. The zero-order valence-electron chi connectivity index (χ0n) is 9.54. The van der Waals surface area contributed by atoms with Gasteiger partial charge in [0.1, 0.15) is 10.6 Å². The molecule has 1 rings (SSSR count). The molecule has 94 valence electrons. The van der Waals surface area contributed by atoms with Gasteiger partial charge in [0.25, 0.3) is 0 Å². The molecule has 0 fully saturated rings. The third-order valence-electron chi connectivity index (χ3n) is 1.55. The average Bonchev–Trinajstić information content (AvgIpc) is 2.42. The molecule has 1 heterocycles. The smallest absolute Gasteiger partial charge is 0.412 e. The fraction of sp³-hybridized carbons (Fsp3) is 0.400. The first-order valence-corrected chi connectivity index (χ1v) is 5.91. The molecule has 2 N–H and O–H groups in total. The van der Waals surface area contributed by atoms with E-state index in [2.05, 4.69) is 5.32 Å². The Hall–Kier alpha value is -1.27. The van der Waals surface area contributed by atoms with E-state index in [4.69, 9.17) is 21.4 Å². The number of aromatic carboxylic acids is 1. The summed E-state index contributed by atoms with van der Waals surface area (Å²) >= 11 is 6.66. The maximum atomic E-state index is 11.4. The lowest BCUT2D eigenvalue weighted by molar-refractivity contribution is 0.0636. The molecule has 0 saturated heterocycles. The largest absolute Gasteiger partial charge is 0.478 e. The highest BCUT2D eigenvalue weighted by molar-refractivity contribution is 7.20. The van der Waals surface area contributed by atoms with Crippen LogP contribution in [0.1, 0.15) is 31.1 Å². The third-order valence-corrected chi connectivity index (χ3v) is 2.73. The predicted octanol–water partition coefficient (Wildman–Crippen LogP) is 3.45. The number of carboxylic acid groups (broad SMARTS) is 1. The van der Waals surface area contributed by atoms with Crippen molar-refractivity contribution in [3.05, 3.63) is 16.0 Å². The van der Waals surface area contributed by atoms with E-state index in [0.717, 1.165) is 11.3 Å². The second-order valence-electron chi connectivity index (χ2n) is 4.23. The molecule has 17 heavy (non-hydrogen) atoms. The predicted molar refractivity (Wildman–Crippen MR) is 66.1 cm³/mol. The number of hydrogen-bond acceptors (Lipinski definition) is 4. The minimum Gasteiger partial charge on any atom is -0.478 e. The summed E-state index contributed by atoms with van der Waals surface area (Å²) in [7, 11) is 0. The Morgan fingerprint density at radius 1 is 1.47 bits per heavy atom. The molecule has 1 aromatic rings. The Balaban J connectivity index is 2.81. The normalized spacial score (nSPS) is 11.1. The molecule has 0 radical (unpaired) electrons. The van der Waals surface area contributed by atoms with E-state index in [0.29, 0.717) is 0 Å². The van der Waals surface area contributed by atoms with Crippen LogP contribution in [0.15, 0.2) is 6.07 Å². The molecule has 7 heteroatoms. The van der Waals surface area contributed by atoms with E-state index in [9.17, 15) is 9.59 Å². The summed E-state index contributed by atoms with van der Waals surface area (Å²) in [6, 6.07) is 1.28. The maximum Gasteiger partial charge on any atom is 0.412 e. The van der Waals surface area contributed by atoms with E-state index in [1.54, 1.807) is 20.8 Å². The number of carboxylic acids is 1. The van der Waals surface area contributed by atoms with Crippen LogP contribution in [0.5, 0.6) is 0 Å². The molecule has 0 bridgehead atoms. The topological polar surface area (TPSA) is 75.6 Å². The number of anilines is 1. The Labute approximate surface area is 107 Å². The Kier molecular flexibility index (Phi) is 4.00. The second-order valence-corrected chi connectivity index (χ2v) is 5.91. The van der Waals surface area contributed by atoms with Gasteiger partial charge in [-0.25, -0.2) is 9.59 Å². The number of ether oxygens (including phenoxy) is 1. The van der Waals surface area contributed by atoms with Crippen LogP contribution in [0.3, 0.4) is 0 Å². The number of thiophene rings is 1. The zero-order chi connectivity index (χ0) is 13.2. The molecule has 0 aliphatic heterocycles. The average molecular weight is 278 g/mol. The van der Waals surface area contributed by atoms with Crippen LogP contribution in [0, 0.1) is 0 Å². The molecule has 1 aromatic heterocycles. The summed E-state index contributed by atoms with van der Waals surface area (Å²) in [5, 5.41) is 11.4. The van der Waals surface area contributed by atoms with Crippen molar-refractivity contribution in [2.45, 2.75) is 26.4 Å². The summed E-state index contributed by atoms with van der Waals surface area (Å²) in [6.45, 7) is 5.14. The van der Waals surface area contributed by atoms with Crippen LogP contribution < -0.4 is 5.32 Å². The number of nitrogens with one attached hydrogen (secondary N) is 1. The van der Waals surface area contributed by atoms with Gasteiger partial charge in [-0.3, -0.25) is 5.32 Å². The summed E-state index contributed by atoms with van der Waals surface area (Å²) in [5.41, 5.74) is -0.694. The number of carbonyl (C=O) groups excluding carboxylic acids is 1. The Bertz CT molecular complexity index is 450. The SMILES string of the molecule is CC(C)(C)OC(=O)Nc1sc(Cl)cc1C(=O)O. The summed E-state index contributed by atoms with van der Waals surface area (Å²) in [4.78, 5) is 22.3. The highest BCUT2D eigenvalue weighted by Crippen LogP contribution is 2.32. The number of rotatable bonds is 2. The van der Waals surface area contributed by atoms with Crippen LogP contribution in [-0.2, 0) is 4.74 Å². The molecule has 0 aromatic carbocycles. The molecule has 0 aliphatic rings. The molecular formula is C10H12ClNO4S. The fourth-order valence-corrected chi connectivity index (χ4v) is 2.11. The molecule has 5 nitrogen and oxygen atoms in total. The van der Waals surface area contributed by atoms with Gasteiger partial charge in [-0.15, -0.1) is 11.3 Å². The van der Waals surface area contributed by atoms with E-state index in [-0.39, 0.29) is 14.9 Å². The number of hydrogen-bond donors (Lipinski definition) is 2. The quantitative estimate of drug-likeness (QED) is 0.868. The Morgan fingerprint density at radius 3 is 2.53 bits per heavy atom. The van der Waals surface area contributed by atoms with E-state index in [1.165, 1.54) is 6.07 Å². The van der Waals surface area contributed by atoms with E-state index in [1.807, 2.05) is 0 Å². The van der Waals surface area contributed by atoms with Crippen molar-refractivity contribution in [1.29, 1.82) is 0 Å². The van der Waals surface area contributed by atoms with Crippen LogP contribution in [0.2, 0.25) is 4.34 Å². The molecule has 0 aliphatic carbocycles. The van der Waals surface area contributed by atoms with Gasteiger partial charge in [-0.2, -0.15) is 0 Å². The van der Waals surface area contributed by atoms with Crippen molar-refractivity contribution in [3.8, 4) is 0 Å². The summed E-state index contributed by atoms with van der Waals surface area (Å²) < 4.78 is 5.29. The van der Waals surface area contributed by atoms with Crippen LogP contribution in [0.4, 0.5) is 9.80 Å². The van der Waals surface area contributed by atoms with Gasteiger partial charge in [0, 0.05) is 0 Å². The van der Waals surface area contributed by atoms with Gasteiger partial charge >= 0.3 is 12.1 Å². The maximum absolute atomic E-state index is 11.4. The van der Waals surface area contributed by atoms with Gasteiger partial charge in [0.15, 0.2) is 0 Å². The third kappa shape index (κ3) is 4.24. The van der Waals surface area contributed by atoms with Crippen molar-refractivity contribution in [1.82, 2.24) is 0 Å². The molecule has 1 amide bonds. The van der Waals surface area contributed by atoms with Crippen LogP contribution >= 0.6 is 22.9 Å². The standard InChI is InChI=1S/C10H12ClNO4S/c1-10(2,3)16-9(15)12-7-5(8(13)14)4-6(11)17-7/h4H,1-3H3,(H,12,15)(H,13,14). The Morgan fingerprint density at radius 2 is 2.06 bits per heavy atom. The molecule has 0 atom stereocenters. The molecule has 0 saturated carbocycles. The first-order chi connectivity index (χ1) is 7.69. The van der Waals surface area contributed by atoms with E-state index >= 15 is 0 Å². The van der Waals surface area contributed by atoms with E-state index < -0.39 is 17.7 Å². The number of halogens is 1. The van der Waals surface area contributed by atoms with Crippen LogP contribution in [0.25, 0.3) is 0 Å². The summed E-state index contributed by atoms with van der Waals surface area (Å²) in [5.74, 6) is -1.15. The van der Waals surface area contributed by atoms with Gasteiger partial charge < -0.3 is 9.84 Å². The van der Waals surface area contributed by atoms with Crippen LogP contribution in [-0.4, -0.2) is 22.8 Å². The number of carbonyl (C=O) groups is 2. The van der Waals surface area contributed by atoms with Crippen molar-refractivity contribution < 1.29 is 19.4 Å². The second kappa shape index (κ2) is 4.93. The van der Waals surface area contributed by atoms with Gasteiger partial charge in [0.05, 0.1) is 9.90 Å². The fourth-order valence-electron chi connectivity index (χ4n) is 1.01. The minimum absolute atomic E-state index is 0.0501. The molecule has 0 unspecified atom stereocenters. The van der Waals surface area contributed by atoms with Crippen molar-refractivity contribution in [3.63, 3.8) is 0 Å². The lowest BCUT2D eigenvalue weighted by atomic mass is 10.2. The first kappa shape index (κ1) is 13.8. The lowest BCUT2D eigenvalue weighted by Crippen LogP contribution is -2.27. The van der Waals surface area contributed by atoms with Crippen molar-refractivity contribution >= 4 is 40.0 Å².